The Morgan fingerprint density at radius 3 is 2.68 bits per heavy atom. The molecule has 0 aliphatic rings. The maximum absolute atomic E-state index is 12.7. The average Bonchev–Trinajstić information content (AvgIpc) is 3.12. The quantitative estimate of drug-likeness (QED) is 0.472. The minimum atomic E-state index is -0.169. The first-order valence-electron chi connectivity index (χ1n) is 10.2. The molecule has 0 spiro atoms. The third-order valence-electron chi connectivity index (χ3n) is 5.09. The van der Waals surface area contributed by atoms with Crippen LogP contribution in [-0.4, -0.2) is 32.0 Å². The van der Waals surface area contributed by atoms with Gasteiger partial charge in [-0.3, -0.25) is 9.78 Å². The number of anilines is 1. The minimum Gasteiger partial charge on any atom is -0.396 e. The van der Waals surface area contributed by atoms with E-state index in [1.54, 1.807) is 18.3 Å². The van der Waals surface area contributed by atoms with Crippen LogP contribution in [0.4, 0.5) is 5.69 Å². The van der Waals surface area contributed by atoms with Gasteiger partial charge >= 0.3 is 0 Å². The fourth-order valence-electron chi connectivity index (χ4n) is 3.37. The molecule has 3 aromatic heterocycles. The molecule has 0 saturated carbocycles. The lowest BCUT2D eigenvalue weighted by atomic mass is 10.1. The van der Waals surface area contributed by atoms with Crippen molar-refractivity contribution in [2.45, 2.75) is 19.8 Å². The molecular weight excluding hydrogens is 388 g/mol. The summed E-state index contributed by atoms with van der Waals surface area (Å²) >= 11 is 0. The van der Waals surface area contributed by atoms with Gasteiger partial charge in [0, 0.05) is 30.3 Å². The van der Waals surface area contributed by atoms with Gasteiger partial charge in [0.25, 0.3) is 5.91 Å². The monoisotopic (exact) mass is 412 g/mol. The van der Waals surface area contributed by atoms with Crippen molar-refractivity contribution >= 4 is 29.4 Å². The molecule has 1 amide bonds. The van der Waals surface area contributed by atoms with E-state index in [1.807, 2.05) is 72.1 Å². The number of rotatable bonds is 7. The zero-order valence-corrected chi connectivity index (χ0v) is 17.3. The van der Waals surface area contributed by atoms with Gasteiger partial charge in [0.15, 0.2) is 0 Å². The Hall–Kier alpha value is -3.77. The van der Waals surface area contributed by atoms with Crippen LogP contribution in [0.1, 0.15) is 39.4 Å². The lowest BCUT2D eigenvalue weighted by Gasteiger charge is -2.07. The second-order valence-electron chi connectivity index (χ2n) is 7.28. The molecule has 156 valence electrons. The largest absolute Gasteiger partial charge is 0.396 e. The van der Waals surface area contributed by atoms with Crippen molar-refractivity contribution < 1.29 is 9.90 Å². The number of carbonyl (C=O) groups excluding carboxylic acids is 1. The number of imidazole rings is 1. The minimum absolute atomic E-state index is 0.145. The number of aromatic nitrogens is 3. The van der Waals surface area contributed by atoms with Crippen molar-refractivity contribution in [2.24, 2.45) is 0 Å². The molecule has 0 radical (unpaired) electrons. The predicted octanol–water partition coefficient (Wildman–Crippen LogP) is 4.39. The van der Waals surface area contributed by atoms with E-state index in [9.17, 15) is 4.79 Å². The second-order valence-corrected chi connectivity index (χ2v) is 7.28. The maximum atomic E-state index is 12.7. The van der Waals surface area contributed by atoms with Gasteiger partial charge in [-0.1, -0.05) is 24.3 Å². The van der Waals surface area contributed by atoms with E-state index in [2.05, 4.69) is 15.3 Å². The SMILES string of the molecule is Cc1c(CCCO)nc2ccc(NC(=O)c3ccc(C=Cc4ccccn4)cc3)cn12. The van der Waals surface area contributed by atoms with Gasteiger partial charge in [-0.25, -0.2) is 4.98 Å². The van der Waals surface area contributed by atoms with Crippen LogP contribution in [-0.2, 0) is 6.42 Å². The molecule has 2 N–H and O–H groups in total. The number of pyridine rings is 2. The lowest BCUT2D eigenvalue weighted by Crippen LogP contribution is -2.12. The number of aryl methyl sites for hydroxylation is 2. The third-order valence-corrected chi connectivity index (χ3v) is 5.09. The first-order chi connectivity index (χ1) is 15.1. The van der Waals surface area contributed by atoms with Gasteiger partial charge < -0.3 is 14.8 Å². The highest BCUT2D eigenvalue weighted by molar-refractivity contribution is 6.04. The molecule has 0 bridgehead atoms. The van der Waals surface area contributed by atoms with E-state index >= 15 is 0 Å². The topological polar surface area (TPSA) is 79.5 Å². The molecule has 0 fully saturated rings. The smallest absolute Gasteiger partial charge is 0.255 e. The van der Waals surface area contributed by atoms with Crippen molar-refractivity contribution in [3.63, 3.8) is 0 Å². The van der Waals surface area contributed by atoms with E-state index in [1.165, 1.54) is 0 Å². The molecule has 0 aliphatic carbocycles. The molecule has 6 heteroatoms. The number of nitrogens with one attached hydrogen (secondary N) is 1. The number of hydrogen-bond acceptors (Lipinski definition) is 4. The molecule has 0 unspecified atom stereocenters. The molecule has 4 rings (SSSR count). The predicted molar refractivity (Wildman–Crippen MR) is 123 cm³/mol. The highest BCUT2D eigenvalue weighted by Gasteiger charge is 2.10. The Bertz CT molecular complexity index is 1210. The van der Waals surface area contributed by atoms with Crippen molar-refractivity contribution in [3.8, 4) is 0 Å². The van der Waals surface area contributed by atoms with Crippen LogP contribution in [0.25, 0.3) is 17.8 Å². The average molecular weight is 412 g/mol. The summed E-state index contributed by atoms with van der Waals surface area (Å²) in [5.74, 6) is -0.169. The zero-order valence-electron chi connectivity index (χ0n) is 17.3. The molecular formula is C25H24N4O2. The Balaban J connectivity index is 1.45. The number of benzene rings is 1. The van der Waals surface area contributed by atoms with E-state index < -0.39 is 0 Å². The van der Waals surface area contributed by atoms with Gasteiger partial charge in [-0.05, 0) is 67.8 Å². The number of nitrogens with zero attached hydrogens (tertiary/aromatic N) is 3. The Kier molecular flexibility index (Phi) is 6.19. The Labute approximate surface area is 180 Å². The van der Waals surface area contributed by atoms with Crippen molar-refractivity contribution in [2.75, 3.05) is 11.9 Å². The number of aliphatic hydroxyl groups excluding tert-OH is 1. The van der Waals surface area contributed by atoms with E-state index in [0.717, 1.165) is 34.7 Å². The number of aliphatic hydroxyl groups is 1. The first-order valence-corrected chi connectivity index (χ1v) is 10.2. The highest BCUT2D eigenvalue weighted by Crippen LogP contribution is 2.18. The Morgan fingerprint density at radius 1 is 1.10 bits per heavy atom. The fourth-order valence-corrected chi connectivity index (χ4v) is 3.37. The fraction of sp³-hybridized carbons (Fsp3) is 0.160. The highest BCUT2D eigenvalue weighted by atomic mass is 16.2. The third kappa shape index (κ3) is 4.87. The molecule has 6 nitrogen and oxygen atoms in total. The van der Waals surface area contributed by atoms with Crippen molar-refractivity contribution in [3.05, 3.63) is 95.2 Å². The van der Waals surface area contributed by atoms with Gasteiger partial charge in [0.1, 0.15) is 5.65 Å². The van der Waals surface area contributed by atoms with E-state index in [0.29, 0.717) is 17.7 Å². The summed E-state index contributed by atoms with van der Waals surface area (Å²) < 4.78 is 1.97. The van der Waals surface area contributed by atoms with E-state index in [4.69, 9.17) is 5.11 Å². The maximum Gasteiger partial charge on any atom is 0.255 e. The molecule has 0 atom stereocenters. The van der Waals surface area contributed by atoms with Gasteiger partial charge in [-0.2, -0.15) is 0 Å². The molecule has 1 aromatic carbocycles. The van der Waals surface area contributed by atoms with Gasteiger partial charge in [0.2, 0.25) is 0 Å². The molecule has 31 heavy (non-hydrogen) atoms. The number of hydrogen-bond donors (Lipinski definition) is 2. The standard InChI is InChI=1S/C25H24N4O2/c1-18-23(6-4-16-30)28-24-14-13-22(17-29(18)24)27-25(31)20-10-7-19(8-11-20)9-12-21-5-2-3-15-26-21/h2-3,5,7-15,17,30H,4,6,16H2,1H3,(H,27,31). The summed E-state index contributed by atoms with van der Waals surface area (Å²) in [6.45, 7) is 2.14. The molecule has 0 saturated heterocycles. The van der Waals surface area contributed by atoms with Crippen LogP contribution in [0.3, 0.4) is 0 Å². The van der Waals surface area contributed by atoms with Crippen LogP contribution in [0, 0.1) is 6.92 Å². The summed E-state index contributed by atoms with van der Waals surface area (Å²) in [5, 5.41) is 12.0. The normalized spacial score (nSPS) is 11.3. The summed E-state index contributed by atoms with van der Waals surface area (Å²) in [5.41, 5.74) is 5.97. The summed E-state index contributed by atoms with van der Waals surface area (Å²) in [7, 11) is 0. The number of amides is 1. The van der Waals surface area contributed by atoms with Crippen LogP contribution in [0.15, 0.2) is 67.0 Å². The summed E-state index contributed by atoms with van der Waals surface area (Å²) in [6, 6.07) is 16.9. The van der Waals surface area contributed by atoms with Gasteiger partial charge in [-0.15, -0.1) is 0 Å². The van der Waals surface area contributed by atoms with Crippen LogP contribution in [0.2, 0.25) is 0 Å². The molecule has 3 heterocycles. The zero-order chi connectivity index (χ0) is 21.6. The van der Waals surface area contributed by atoms with Crippen molar-refractivity contribution in [1.29, 1.82) is 0 Å². The van der Waals surface area contributed by atoms with Crippen LogP contribution < -0.4 is 5.32 Å². The van der Waals surface area contributed by atoms with Crippen molar-refractivity contribution in [1.82, 2.24) is 14.4 Å². The Morgan fingerprint density at radius 2 is 1.94 bits per heavy atom. The van der Waals surface area contributed by atoms with Crippen LogP contribution >= 0.6 is 0 Å². The molecule has 0 aliphatic heterocycles. The second kappa shape index (κ2) is 9.36. The van der Waals surface area contributed by atoms with Gasteiger partial charge in [0.05, 0.1) is 17.1 Å². The lowest BCUT2D eigenvalue weighted by molar-refractivity contribution is 0.102. The number of carbonyl (C=O) groups is 1. The van der Waals surface area contributed by atoms with E-state index in [-0.39, 0.29) is 12.5 Å². The van der Waals surface area contributed by atoms with Crippen LogP contribution in [0.5, 0.6) is 0 Å². The number of fused-ring (bicyclic) bond motifs is 1. The summed E-state index contributed by atoms with van der Waals surface area (Å²) in [6.07, 6.45) is 8.95. The summed E-state index contributed by atoms with van der Waals surface area (Å²) in [4.78, 5) is 21.5. The molecule has 4 aromatic rings. The first kappa shape index (κ1) is 20.5.